The molecule has 0 aromatic carbocycles. The van der Waals surface area contributed by atoms with Crippen LogP contribution in [0.4, 0.5) is 0 Å². The Labute approximate surface area is 86.5 Å². The zero-order valence-electron chi connectivity index (χ0n) is 9.13. The summed E-state index contributed by atoms with van der Waals surface area (Å²) in [7, 11) is 0. The van der Waals surface area contributed by atoms with E-state index in [4.69, 9.17) is 0 Å². The smallest absolute Gasteiger partial charge is 0.0615 e. The van der Waals surface area contributed by atoms with Crippen molar-refractivity contribution in [2.45, 2.75) is 31.7 Å². The van der Waals surface area contributed by atoms with Gasteiger partial charge < -0.3 is 10.4 Å². The van der Waals surface area contributed by atoms with E-state index in [9.17, 15) is 5.11 Å². The van der Waals surface area contributed by atoms with Gasteiger partial charge in [-0.25, -0.2) is 0 Å². The molecule has 1 atom stereocenters. The Morgan fingerprint density at radius 2 is 2.14 bits per heavy atom. The first-order valence-electron chi connectivity index (χ1n) is 5.84. The Morgan fingerprint density at radius 3 is 2.79 bits per heavy atom. The molecule has 0 aromatic rings. The number of aliphatic hydroxyl groups excluding tert-OH is 1. The number of aliphatic hydroxyl groups is 1. The molecular weight excluding hydrogens is 176 g/mol. The van der Waals surface area contributed by atoms with Crippen LogP contribution in [0, 0.1) is 5.92 Å². The molecule has 0 aromatic heterocycles. The Kier molecular flexibility index (Phi) is 3.10. The average molecular weight is 198 g/mol. The summed E-state index contributed by atoms with van der Waals surface area (Å²) in [5, 5.41) is 13.0. The minimum Gasteiger partial charge on any atom is -0.394 e. The van der Waals surface area contributed by atoms with Crippen LogP contribution in [0.25, 0.3) is 0 Å². The second-order valence-electron chi connectivity index (χ2n) is 4.88. The Bertz CT molecular complexity index is 186. The van der Waals surface area contributed by atoms with E-state index < -0.39 is 0 Å². The zero-order chi connectivity index (χ0) is 10.0. The summed E-state index contributed by atoms with van der Waals surface area (Å²) in [4.78, 5) is 2.49. The van der Waals surface area contributed by atoms with Crippen molar-refractivity contribution in [2.75, 3.05) is 32.8 Å². The topological polar surface area (TPSA) is 35.5 Å². The molecule has 3 heteroatoms. The first-order chi connectivity index (χ1) is 6.77. The fraction of sp³-hybridized carbons (Fsp3) is 1.00. The standard InChI is InChI=1S/C11H22N2O/c1-11(9-14,10-3-4-10)13-7-2-5-12-6-8-13/h10,12,14H,2-9H2,1H3. The first kappa shape index (κ1) is 10.4. The summed E-state index contributed by atoms with van der Waals surface area (Å²) in [6.45, 7) is 6.98. The maximum Gasteiger partial charge on any atom is 0.0615 e. The highest BCUT2D eigenvalue weighted by atomic mass is 16.3. The SMILES string of the molecule is CC(CO)(C1CC1)N1CCCNCC1. The van der Waals surface area contributed by atoms with E-state index in [1.54, 1.807) is 0 Å². The second kappa shape index (κ2) is 4.17. The van der Waals surface area contributed by atoms with Gasteiger partial charge in [0.2, 0.25) is 0 Å². The Balaban J connectivity index is 2.01. The van der Waals surface area contributed by atoms with Gasteiger partial charge in [0.1, 0.15) is 0 Å². The highest BCUT2D eigenvalue weighted by Gasteiger charge is 2.44. The van der Waals surface area contributed by atoms with Crippen LogP contribution in [0.5, 0.6) is 0 Å². The van der Waals surface area contributed by atoms with Crippen molar-refractivity contribution in [2.24, 2.45) is 5.92 Å². The largest absolute Gasteiger partial charge is 0.394 e. The molecule has 14 heavy (non-hydrogen) atoms. The summed E-state index contributed by atoms with van der Waals surface area (Å²) >= 11 is 0. The molecule has 1 saturated carbocycles. The zero-order valence-corrected chi connectivity index (χ0v) is 9.13. The fourth-order valence-corrected chi connectivity index (χ4v) is 2.55. The quantitative estimate of drug-likeness (QED) is 0.691. The lowest BCUT2D eigenvalue weighted by Gasteiger charge is -2.40. The van der Waals surface area contributed by atoms with Gasteiger partial charge in [0.05, 0.1) is 6.61 Å². The van der Waals surface area contributed by atoms with Crippen LogP contribution in [-0.4, -0.2) is 48.3 Å². The molecule has 2 rings (SSSR count). The second-order valence-corrected chi connectivity index (χ2v) is 4.88. The number of nitrogens with one attached hydrogen (secondary N) is 1. The van der Waals surface area contributed by atoms with E-state index >= 15 is 0 Å². The molecule has 0 bridgehead atoms. The van der Waals surface area contributed by atoms with Gasteiger partial charge in [-0.2, -0.15) is 0 Å². The summed E-state index contributed by atoms with van der Waals surface area (Å²) in [5.74, 6) is 0.741. The molecule has 1 saturated heterocycles. The molecule has 0 amide bonds. The van der Waals surface area contributed by atoms with Crippen molar-refractivity contribution in [1.29, 1.82) is 0 Å². The van der Waals surface area contributed by atoms with E-state index in [0.717, 1.165) is 32.1 Å². The van der Waals surface area contributed by atoms with Crippen LogP contribution in [0.3, 0.4) is 0 Å². The fourth-order valence-electron chi connectivity index (χ4n) is 2.55. The summed E-state index contributed by atoms with van der Waals surface area (Å²) in [6.07, 6.45) is 3.82. The molecule has 82 valence electrons. The van der Waals surface area contributed by atoms with Crippen molar-refractivity contribution in [3.63, 3.8) is 0 Å². The molecule has 0 radical (unpaired) electrons. The van der Waals surface area contributed by atoms with Crippen molar-refractivity contribution >= 4 is 0 Å². The molecule has 1 unspecified atom stereocenters. The summed E-state index contributed by atoms with van der Waals surface area (Å²) in [6, 6.07) is 0. The van der Waals surface area contributed by atoms with Gasteiger partial charge in [0, 0.05) is 25.2 Å². The molecule has 1 aliphatic heterocycles. The van der Waals surface area contributed by atoms with Crippen molar-refractivity contribution in [3.8, 4) is 0 Å². The number of nitrogens with zero attached hydrogens (tertiary/aromatic N) is 1. The number of hydrogen-bond acceptors (Lipinski definition) is 3. The minimum atomic E-state index is 0.0615. The molecule has 2 fully saturated rings. The van der Waals surface area contributed by atoms with Gasteiger partial charge in [-0.15, -0.1) is 0 Å². The van der Waals surface area contributed by atoms with Crippen LogP contribution >= 0.6 is 0 Å². The van der Waals surface area contributed by atoms with E-state index in [0.29, 0.717) is 6.61 Å². The van der Waals surface area contributed by atoms with E-state index in [2.05, 4.69) is 17.1 Å². The van der Waals surface area contributed by atoms with Crippen LogP contribution in [0.2, 0.25) is 0 Å². The Hall–Kier alpha value is -0.120. The minimum absolute atomic E-state index is 0.0615. The summed E-state index contributed by atoms with van der Waals surface area (Å²) < 4.78 is 0. The van der Waals surface area contributed by atoms with E-state index in [1.165, 1.54) is 19.3 Å². The lowest BCUT2D eigenvalue weighted by Crippen LogP contribution is -2.52. The predicted molar refractivity (Wildman–Crippen MR) is 57.3 cm³/mol. The third kappa shape index (κ3) is 1.95. The molecule has 3 nitrogen and oxygen atoms in total. The normalized spacial score (nSPS) is 29.6. The van der Waals surface area contributed by atoms with Gasteiger partial charge in [0.25, 0.3) is 0 Å². The third-order valence-electron chi connectivity index (χ3n) is 3.84. The average Bonchev–Trinajstić information content (AvgIpc) is 3.03. The van der Waals surface area contributed by atoms with Crippen LogP contribution in [0.15, 0.2) is 0 Å². The highest BCUT2D eigenvalue weighted by molar-refractivity contribution is 4.99. The van der Waals surface area contributed by atoms with Crippen molar-refractivity contribution in [3.05, 3.63) is 0 Å². The van der Waals surface area contributed by atoms with E-state index in [-0.39, 0.29) is 5.54 Å². The van der Waals surface area contributed by atoms with Crippen molar-refractivity contribution < 1.29 is 5.11 Å². The van der Waals surface area contributed by atoms with Gasteiger partial charge in [0.15, 0.2) is 0 Å². The molecule has 0 spiro atoms. The van der Waals surface area contributed by atoms with Gasteiger partial charge in [-0.05, 0) is 38.6 Å². The van der Waals surface area contributed by atoms with Crippen molar-refractivity contribution in [1.82, 2.24) is 10.2 Å². The molecule has 2 N–H and O–H groups in total. The summed E-state index contributed by atoms with van der Waals surface area (Å²) in [5.41, 5.74) is 0.0615. The monoisotopic (exact) mass is 198 g/mol. The number of hydrogen-bond donors (Lipinski definition) is 2. The number of rotatable bonds is 3. The maximum atomic E-state index is 9.58. The lowest BCUT2D eigenvalue weighted by atomic mass is 9.94. The van der Waals surface area contributed by atoms with Crippen LogP contribution in [-0.2, 0) is 0 Å². The highest BCUT2D eigenvalue weighted by Crippen LogP contribution is 2.42. The van der Waals surface area contributed by atoms with Crippen LogP contribution < -0.4 is 5.32 Å². The maximum absolute atomic E-state index is 9.58. The molecule has 1 aliphatic carbocycles. The van der Waals surface area contributed by atoms with Gasteiger partial charge >= 0.3 is 0 Å². The Morgan fingerprint density at radius 1 is 1.36 bits per heavy atom. The van der Waals surface area contributed by atoms with Crippen LogP contribution in [0.1, 0.15) is 26.2 Å². The molecular formula is C11H22N2O. The van der Waals surface area contributed by atoms with E-state index in [1.807, 2.05) is 0 Å². The molecule has 1 heterocycles. The predicted octanol–water partition coefficient (Wildman–Crippen LogP) is 0.443. The third-order valence-corrected chi connectivity index (χ3v) is 3.84. The first-order valence-corrected chi connectivity index (χ1v) is 5.84. The molecule has 2 aliphatic rings. The van der Waals surface area contributed by atoms with Gasteiger partial charge in [-0.3, -0.25) is 4.90 Å². The lowest BCUT2D eigenvalue weighted by molar-refractivity contribution is 0.0303. The van der Waals surface area contributed by atoms with Gasteiger partial charge in [-0.1, -0.05) is 0 Å².